The second-order valence-corrected chi connectivity index (χ2v) is 12.4. The number of alkyl halides is 3. The molecule has 0 bridgehead atoms. The summed E-state index contributed by atoms with van der Waals surface area (Å²) in [6.07, 6.45) is 3.31. The molecule has 0 aromatic carbocycles. The van der Waals surface area contributed by atoms with Gasteiger partial charge in [-0.15, -0.1) is 0 Å². The molecular formula is C27H39F3N6O3. The number of rotatable bonds is 5. The Balaban J connectivity index is 1.33. The van der Waals surface area contributed by atoms with Crippen LogP contribution in [0.3, 0.4) is 0 Å². The maximum Gasteiger partial charge on any atom is 0.418 e. The van der Waals surface area contributed by atoms with Gasteiger partial charge < -0.3 is 14.7 Å². The SMILES string of the molecule is CN1CCC(O)(c2cc(C(F)(F)F)c3cn(C4CCCC(C5(CC6NNCN6C)COC5)C4)c(=O)n3c2)CC1. The Morgan fingerprint density at radius 3 is 2.51 bits per heavy atom. The van der Waals surface area contributed by atoms with Crippen molar-refractivity contribution in [2.75, 3.05) is 47.1 Å². The molecule has 4 fully saturated rings. The smallest absolute Gasteiger partial charge is 0.385 e. The number of aliphatic hydroxyl groups is 1. The van der Waals surface area contributed by atoms with E-state index < -0.39 is 23.0 Å². The van der Waals surface area contributed by atoms with Crippen molar-refractivity contribution in [3.05, 3.63) is 40.1 Å². The van der Waals surface area contributed by atoms with Crippen LogP contribution in [-0.2, 0) is 16.5 Å². The molecule has 3 aliphatic heterocycles. The lowest BCUT2D eigenvalue weighted by atomic mass is 9.64. The van der Waals surface area contributed by atoms with E-state index in [0.717, 1.165) is 49.2 Å². The van der Waals surface area contributed by atoms with Gasteiger partial charge in [0.1, 0.15) is 0 Å². The summed E-state index contributed by atoms with van der Waals surface area (Å²) in [5.41, 5.74) is 3.75. The van der Waals surface area contributed by atoms with Gasteiger partial charge in [-0.2, -0.15) is 13.2 Å². The molecule has 4 aliphatic rings. The van der Waals surface area contributed by atoms with Gasteiger partial charge in [-0.1, -0.05) is 6.42 Å². The average molecular weight is 553 g/mol. The number of likely N-dealkylation sites (tertiary alicyclic amines) is 1. The molecule has 1 saturated carbocycles. The van der Waals surface area contributed by atoms with Crippen LogP contribution in [0, 0.1) is 11.3 Å². The van der Waals surface area contributed by atoms with Gasteiger partial charge in [-0.25, -0.2) is 15.6 Å². The van der Waals surface area contributed by atoms with Crippen molar-refractivity contribution in [2.45, 2.75) is 68.9 Å². The van der Waals surface area contributed by atoms with Crippen LogP contribution in [0.1, 0.15) is 62.1 Å². The van der Waals surface area contributed by atoms with Crippen LogP contribution in [0.25, 0.3) is 5.52 Å². The molecule has 12 heteroatoms. The molecule has 5 heterocycles. The molecule has 3 N–H and O–H groups in total. The van der Waals surface area contributed by atoms with Gasteiger partial charge in [0.2, 0.25) is 0 Å². The fourth-order valence-corrected chi connectivity index (χ4v) is 7.18. The van der Waals surface area contributed by atoms with Crippen molar-refractivity contribution in [1.29, 1.82) is 0 Å². The number of fused-ring (bicyclic) bond motifs is 1. The summed E-state index contributed by atoms with van der Waals surface area (Å²) < 4.78 is 51.2. The van der Waals surface area contributed by atoms with Crippen LogP contribution in [0.2, 0.25) is 0 Å². The van der Waals surface area contributed by atoms with E-state index >= 15 is 0 Å². The summed E-state index contributed by atoms with van der Waals surface area (Å²) in [6, 6.07) is 0.866. The summed E-state index contributed by atoms with van der Waals surface area (Å²) >= 11 is 0. The third kappa shape index (κ3) is 4.82. The molecule has 6 rings (SSSR count). The first-order valence-corrected chi connectivity index (χ1v) is 14.0. The summed E-state index contributed by atoms with van der Waals surface area (Å²) in [5, 5.41) is 11.3. The number of piperidine rings is 1. The molecular weight excluding hydrogens is 513 g/mol. The van der Waals surface area contributed by atoms with E-state index in [1.54, 1.807) is 0 Å². The number of hydrogen-bond acceptors (Lipinski definition) is 7. The lowest BCUT2D eigenvalue weighted by Gasteiger charge is -2.51. The Bertz CT molecular complexity index is 1260. The van der Waals surface area contributed by atoms with Gasteiger partial charge in [0, 0.05) is 42.5 Å². The number of aromatic nitrogens is 2. The number of hydrazine groups is 1. The minimum absolute atomic E-state index is 0.0128. The van der Waals surface area contributed by atoms with Crippen LogP contribution in [0.15, 0.2) is 23.3 Å². The van der Waals surface area contributed by atoms with Crippen molar-refractivity contribution in [2.24, 2.45) is 11.3 Å². The van der Waals surface area contributed by atoms with Crippen molar-refractivity contribution in [1.82, 2.24) is 29.6 Å². The summed E-state index contributed by atoms with van der Waals surface area (Å²) in [7, 11) is 3.99. The second kappa shape index (κ2) is 9.85. The van der Waals surface area contributed by atoms with Crippen molar-refractivity contribution in [3.8, 4) is 0 Å². The molecule has 0 radical (unpaired) electrons. The first kappa shape index (κ1) is 27.2. The Labute approximate surface area is 225 Å². The fraction of sp³-hybridized carbons (Fsp3) is 0.741. The lowest BCUT2D eigenvalue weighted by Crippen LogP contribution is -2.54. The first-order valence-electron chi connectivity index (χ1n) is 14.0. The van der Waals surface area contributed by atoms with Crippen LogP contribution in [0.5, 0.6) is 0 Å². The number of nitrogens with one attached hydrogen (secondary N) is 2. The van der Waals surface area contributed by atoms with Gasteiger partial charge in [0.15, 0.2) is 0 Å². The van der Waals surface area contributed by atoms with E-state index in [1.807, 2.05) is 11.9 Å². The number of hydrogen-bond donors (Lipinski definition) is 3. The highest BCUT2D eigenvalue weighted by Crippen LogP contribution is 2.49. The van der Waals surface area contributed by atoms with Gasteiger partial charge in [0.05, 0.1) is 42.7 Å². The predicted molar refractivity (Wildman–Crippen MR) is 139 cm³/mol. The Kier molecular flexibility index (Phi) is 6.87. The topological polar surface area (TPSA) is 86.4 Å². The van der Waals surface area contributed by atoms with Crippen molar-refractivity contribution in [3.63, 3.8) is 0 Å². The van der Waals surface area contributed by atoms with Gasteiger partial charge in [0.25, 0.3) is 0 Å². The predicted octanol–water partition coefficient (Wildman–Crippen LogP) is 2.49. The van der Waals surface area contributed by atoms with E-state index in [2.05, 4.69) is 22.8 Å². The summed E-state index contributed by atoms with van der Waals surface area (Å²) in [5.74, 6) is 0.313. The fourth-order valence-electron chi connectivity index (χ4n) is 7.18. The zero-order chi connectivity index (χ0) is 27.6. The van der Waals surface area contributed by atoms with Crippen LogP contribution in [0.4, 0.5) is 13.2 Å². The van der Waals surface area contributed by atoms with Gasteiger partial charge in [-0.3, -0.25) is 13.9 Å². The third-order valence-corrected chi connectivity index (χ3v) is 9.86. The molecule has 3 saturated heterocycles. The van der Waals surface area contributed by atoms with Crippen molar-refractivity contribution < 1.29 is 23.0 Å². The number of imidazole rings is 1. The second-order valence-electron chi connectivity index (χ2n) is 12.4. The highest BCUT2D eigenvalue weighted by Gasteiger charge is 2.49. The van der Waals surface area contributed by atoms with E-state index in [0.29, 0.717) is 45.1 Å². The van der Waals surface area contributed by atoms with Gasteiger partial charge in [-0.05, 0) is 64.6 Å². The summed E-state index contributed by atoms with van der Waals surface area (Å²) in [6.45, 7) is 3.24. The molecule has 3 unspecified atom stereocenters. The molecule has 0 amide bonds. The Hall–Kier alpha value is -1.96. The molecule has 216 valence electrons. The standard InChI is InChI=1S/C27H39F3N6O3/c1-33-8-6-26(38,7-9-33)19-11-21(27(28,29)30)22-14-35(24(37)36(22)13-19)20-5-3-4-18(10-20)25(15-39-16-25)12-23-32-31-17-34(23)2/h11,13-14,18,20,23,31-32,38H,3-10,12,15-17H2,1-2H3. The minimum atomic E-state index is -4.65. The average Bonchev–Trinajstić information content (AvgIpc) is 3.44. The van der Waals surface area contributed by atoms with Crippen molar-refractivity contribution >= 4 is 5.52 Å². The number of pyridine rings is 1. The van der Waals surface area contributed by atoms with Crippen LogP contribution in [-0.4, -0.2) is 77.1 Å². The zero-order valence-electron chi connectivity index (χ0n) is 22.6. The molecule has 2 aromatic rings. The lowest BCUT2D eigenvalue weighted by molar-refractivity contribution is -0.167. The molecule has 1 aliphatic carbocycles. The zero-order valence-corrected chi connectivity index (χ0v) is 22.6. The molecule has 39 heavy (non-hydrogen) atoms. The normalized spacial score (nSPS) is 30.1. The summed E-state index contributed by atoms with van der Waals surface area (Å²) in [4.78, 5) is 17.9. The molecule has 3 atom stereocenters. The Morgan fingerprint density at radius 2 is 1.90 bits per heavy atom. The highest BCUT2D eigenvalue weighted by molar-refractivity contribution is 5.57. The minimum Gasteiger partial charge on any atom is -0.385 e. The third-order valence-electron chi connectivity index (χ3n) is 9.86. The molecule has 9 nitrogen and oxygen atoms in total. The van der Waals surface area contributed by atoms with E-state index in [4.69, 9.17) is 4.74 Å². The first-order chi connectivity index (χ1) is 18.5. The number of ether oxygens (including phenoxy) is 1. The number of halogens is 3. The number of nitrogens with zero attached hydrogens (tertiary/aromatic N) is 4. The van der Waals surface area contributed by atoms with Gasteiger partial charge >= 0.3 is 11.9 Å². The van der Waals surface area contributed by atoms with Crippen LogP contribution < -0.4 is 16.5 Å². The van der Waals surface area contributed by atoms with E-state index in [9.17, 15) is 23.1 Å². The molecule has 0 spiro atoms. The molecule has 2 aromatic heterocycles. The Morgan fingerprint density at radius 1 is 1.15 bits per heavy atom. The van der Waals surface area contributed by atoms with E-state index in [-0.39, 0.29) is 28.7 Å². The van der Waals surface area contributed by atoms with E-state index in [1.165, 1.54) is 17.0 Å². The maximum absolute atomic E-state index is 14.3. The van der Waals surface area contributed by atoms with Crippen LogP contribution >= 0.6 is 0 Å². The quantitative estimate of drug-likeness (QED) is 0.526. The monoisotopic (exact) mass is 552 g/mol. The maximum atomic E-state index is 14.3. The highest BCUT2D eigenvalue weighted by atomic mass is 19.4. The largest absolute Gasteiger partial charge is 0.418 e.